The van der Waals surface area contributed by atoms with Crippen LogP contribution in [0.4, 0.5) is 5.95 Å². The van der Waals surface area contributed by atoms with Gasteiger partial charge in [0.25, 0.3) is 0 Å². The molecule has 1 aliphatic carbocycles. The van der Waals surface area contributed by atoms with Crippen LogP contribution in [-0.2, 0) is 24.8 Å². The Kier molecular flexibility index (Phi) is 4.19. The van der Waals surface area contributed by atoms with Crippen molar-refractivity contribution in [1.29, 1.82) is 0 Å². The second kappa shape index (κ2) is 6.37. The van der Waals surface area contributed by atoms with Crippen LogP contribution in [0.15, 0.2) is 10.7 Å². The summed E-state index contributed by atoms with van der Waals surface area (Å²) in [6.45, 7) is 4.86. The summed E-state index contributed by atoms with van der Waals surface area (Å²) < 4.78 is 5.39. The fraction of sp³-hybridized carbons (Fsp3) is 0.667. The molecule has 1 saturated heterocycles. The highest BCUT2D eigenvalue weighted by molar-refractivity contribution is 5.39. The summed E-state index contributed by atoms with van der Waals surface area (Å²) in [5, 5.41) is 4.02. The summed E-state index contributed by atoms with van der Waals surface area (Å²) >= 11 is 0. The van der Waals surface area contributed by atoms with Gasteiger partial charge in [-0.05, 0) is 37.8 Å². The lowest BCUT2D eigenvalue weighted by Gasteiger charge is -2.40. The van der Waals surface area contributed by atoms with Crippen molar-refractivity contribution in [2.24, 2.45) is 0 Å². The Hall–Kier alpha value is -2.02. The molecule has 1 atom stereocenters. The van der Waals surface area contributed by atoms with Crippen molar-refractivity contribution >= 4 is 5.95 Å². The van der Waals surface area contributed by atoms with E-state index < -0.39 is 0 Å². The van der Waals surface area contributed by atoms with Gasteiger partial charge in [0, 0.05) is 38.7 Å². The molecular formula is C18H26N6O. The lowest BCUT2D eigenvalue weighted by atomic mass is 9.77. The number of nitrogens with zero attached hydrogens (tertiary/aromatic N) is 6. The molecule has 1 unspecified atom stereocenters. The molecule has 2 aromatic rings. The van der Waals surface area contributed by atoms with E-state index >= 15 is 0 Å². The SMILES string of the molecule is CCc1noc(CN2CCCC3(CCc4cnc(N(C)C)nc43)C2)n1. The normalized spacial score (nSPS) is 23.2. The summed E-state index contributed by atoms with van der Waals surface area (Å²) in [4.78, 5) is 18.3. The van der Waals surface area contributed by atoms with E-state index in [0.717, 1.165) is 56.6 Å². The quantitative estimate of drug-likeness (QED) is 0.841. The smallest absolute Gasteiger partial charge is 0.240 e. The minimum Gasteiger partial charge on any atom is -0.347 e. The number of anilines is 1. The summed E-state index contributed by atoms with van der Waals surface area (Å²) in [5.74, 6) is 2.32. The summed E-state index contributed by atoms with van der Waals surface area (Å²) in [6.07, 6.45) is 7.45. The number of aromatic nitrogens is 4. The molecular weight excluding hydrogens is 316 g/mol. The highest BCUT2D eigenvalue weighted by Gasteiger charge is 2.44. The van der Waals surface area contributed by atoms with E-state index in [1.54, 1.807) is 0 Å². The number of hydrogen-bond donors (Lipinski definition) is 0. The van der Waals surface area contributed by atoms with Gasteiger partial charge >= 0.3 is 0 Å². The molecule has 0 amide bonds. The molecule has 3 heterocycles. The monoisotopic (exact) mass is 342 g/mol. The van der Waals surface area contributed by atoms with Crippen LogP contribution in [0.25, 0.3) is 0 Å². The highest BCUT2D eigenvalue weighted by atomic mass is 16.5. The predicted molar refractivity (Wildman–Crippen MR) is 94.5 cm³/mol. The standard InChI is InChI=1S/C18H26N6O/c1-4-14-20-15(25-22-14)11-24-9-5-7-18(12-24)8-6-13-10-19-17(23(2)3)21-16(13)18/h10H,4-9,11-12H2,1-3H3. The lowest BCUT2D eigenvalue weighted by molar-refractivity contribution is 0.123. The zero-order chi connectivity index (χ0) is 17.4. The van der Waals surface area contributed by atoms with Gasteiger partial charge in [0.1, 0.15) is 0 Å². The zero-order valence-corrected chi connectivity index (χ0v) is 15.3. The first-order valence-electron chi connectivity index (χ1n) is 9.17. The molecule has 0 bridgehead atoms. The van der Waals surface area contributed by atoms with Gasteiger partial charge in [-0.25, -0.2) is 9.97 Å². The van der Waals surface area contributed by atoms with Gasteiger partial charge in [-0.15, -0.1) is 0 Å². The molecule has 4 rings (SSSR count). The van der Waals surface area contributed by atoms with Gasteiger partial charge in [-0.3, -0.25) is 4.90 Å². The molecule has 7 nitrogen and oxygen atoms in total. The fourth-order valence-electron chi connectivity index (χ4n) is 4.20. The van der Waals surface area contributed by atoms with Gasteiger partial charge in [0.2, 0.25) is 11.8 Å². The molecule has 0 radical (unpaired) electrons. The van der Waals surface area contributed by atoms with Crippen LogP contribution in [0.3, 0.4) is 0 Å². The van der Waals surface area contributed by atoms with Crippen LogP contribution in [0.1, 0.15) is 49.2 Å². The van der Waals surface area contributed by atoms with Gasteiger partial charge in [-0.1, -0.05) is 12.1 Å². The molecule has 2 aromatic heterocycles. The van der Waals surface area contributed by atoms with Crippen LogP contribution in [0.2, 0.25) is 0 Å². The van der Waals surface area contributed by atoms with Crippen molar-refractivity contribution in [3.8, 4) is 0 Å². The molecule has 0 aromatic carbocycles. The zero-order valence-electron chi connectivity index (χ0n) is 15.3. The van der Waals surface area contributed by atoms with Crippen molar-refractivity contribution < 1.29 is 4.52 Å². The van der Waals surface area contributed by atoms with Crippen molar-refractivity contribution in [1.82, 2.24) is 25.0 Å². The van der Waals surface area contributed by atoms with E-state index in [-0.39, 0.29) is 5.41 Å². The van der Waals surface area contributed by atoms with E-state index in [0.29, 0.717) is 0 Å². The van der Waals surface area contributed by atoms with E-state index in [9.17, 15) is 0 Å². The summed E-state index contributed by atoms with van der Waals surface area (Å²) in [6, 6.07) is 0. The van der Waals surface area contributed by atoms with E-state index in [1.165, 1.54) is 24.1 Å². The third kappa shape index (κ3) is 3.01. The Labute approximate surface area is 148 Å². The van der Waals surface area contributed by atoms with Gasteiger partial charge in [0.05, 0.1) is 12.2 Å². The minimum atomic E-state index is 0.148. The molecule has 2 aliphatic rings. The minimum absolute atomic E-state index is 0.148. The van der Waals surface area contributed by atoms with Gasteiger partial charge in [0.15, 0.2) is 5.82 Å². The first kappa shape index (κ1) is 16.4. The van der Waals surface area contributed by atoms with E-state index in [2.05, 4.69) is 20.0 Å². The molecule has 0 saturated carbocycles. The Bertz CT molecular complexity index is 754. The maximum Gasteiger partial charge on any atom is 0.240 e. The van der Waals surface area contributed by atoms with Crippen LogP contribution < -0.4 is 4.90 Å². The van der Waals surface area contributed by atoms with Crippen molar-refractivity contribution in [2.45, 2.75) is 51.0 Å². The largest absolute Gasteiger partial charge is 0.347 e. The second-order valence-corrected chi connectivity index (χ2v) is 7.49. The topological polar surface area (TPSA) is 71.2 Å². The molecule has 1 fully saturated rings. The Morgan fingerprint density at radius 1 is 1.28 bits per heavy atom. The van der Waals surface area contributed by atoms with Gasteiger partial charge < -0.3 is 9.42 Å². The van der Waals surface area contributed by atoms with E-state index in [1.807, 2.05) is 32.1 Å². The number of fused-ring (bicyclic) bond motifs is 2. The van der Waals surface area contributed by atoms with Crippen LogP contribution in [0, 0.1) is 0 Å². The van der Waals surface area contributed by atoms with Crippen LogP contribution in [-0.4, -0.2) is 52.2 Å². The first-order chi connectivity index (χ1) is 12.1. The average Bonchev–Trinajstić information content (AvgIpc) is 3.20. The van der Waals surface area contributed by atoms with Crippen molar-refractivity contribution in [3.05, 3.63) is 29.2 Å². The molecule has 25 heavy (non-hydrogen) atoms. The summed E-state index contributed by atoms with van der Waals surface area (Å²) in [7, 11) is 3.99. The van der Waals surface area contributed by atoms with Crippen LogP contribution in [0.5, 0.6) is 0 Å². The number of aryl methyl sites for hydroxylation is 2. The fourth-order valence-corrected chi connectivity index (χ4v) is 4.20. The van der Waals surface area contributed by atoms with Crippen molar-refractivity contribution in [2.75, 3.05) is 32.1 Å². The number of rotatable bonds is 4. The van der Waals surface area contributed by atoms with Crippen molar-refractivity contribution in [3.63, 3.8) is 0 Å². The number of piperidine rings is 1. The lowest BCUT2D eigenvalue weighted by Crippen LogP contribution is -2.45. The third-order valence-corrected chi connectivity index (χ3v) is 5.47. The predicted octanol–water partition coefficient (Wildman–Crippen LogP) is 1.97. The highest BCUT2D eigenvalue weighted by Crippen LogP contribution is 2.44. The third-order valence-electron chi connectivity index (χ3n) is 5.47. The second-order valence-electron chi connectivity index (χ2n) is 7.49. The van der Waals surface area contributed by atoms with Crippen LogP contribution >= 0.6 is 0 Å². The molecule has 1 aliphatic heterocycles. The number of likely N-dealkylation sites (tertiary alicyclic amines) is 1. The molecule has 134 valence electrons. The van der Waals surface area contributed by atoms with E-state index in [4.69, 9.17) is 9.51 Å². The first-order valence-corrected chi connectivity index (χ1v) is 9.17. The Morgan fingerprint density at radius 3 is 2.92 bits per heavy atom. The maximum atomic E-state index is 5.39. The number of hydrogen-bond acceptors (Lipinski definition) is 7. The maximum absolute atomic E-state index is 5.39. The van der Waals surface area contributed by atoms with Gasteiger partial charge in [-0.2, -0.15) is 4.98 Å². The molecule has 7 heteroatoms. The average molecular weight is 342 g/mol. The Balaban J connectivity index is 1.56. The summed E-state index contributed by atoms with van der Waals surface area (Å²) in [5.41, 5.74) is 2.73. The molecule has 0 N–H and O–H groups in total. The Morgan fingerprint density at radius 2 is 2.16 bits per heavy atom. The molecule has 1 spiro atoms.